The summed E-state index contributed by atoms with van der Waals surface area (Å²) in [6, 6.07) is 0. The van der Waals surface area contributed by atoms with E-state index in [0.717, 1.165) is 13.2 Å². The predicted molar refractivity (Wildman–Crippen MR) is 170 cm³/mol. The molecule has 0 aromatic heterocycles. The molecule has 0 saturated heterocycles. The monoisotopic (exact) mass is 519 g/mol. The minimum absolute atomic E-state index is 0.978. The zero-order valence-electron chi connectivity index (χ0n) is 25.9. The zero-order chi connectivity index (χ0) is 26.7. The Morgan fingerprint density at radius 3 is 0.838 bits per heavy atom. The molecule has 0 atom stereocenters. The number of rotatable bonds is 32. The van der Waals surface area contributed by atoms with Crippen LogP contribution in [-0.2, 0) is 4.74 Å². The number of ether oxygens (including phenoxy) is 1. The summed E-state index contributed by atoms with van der Waals surface area (Å²) in [4.78, 5) is 0. The van der Waals surface area contributed by atoms with E-state index in [9.17, 15) is 0 Å². The predicted octanol–water partition coefficient (Wildman–Crippen LogP) is 13.1. The maximum atomic E-state index is 5.85. The molecule has 0 saturated carbocycles. The van der Waals surface area contributed by atoms with Crippen molar-refractivity contribution in [3.05, 3.63) is 24.3 Å². The highest BCUT2D eigenvalue weighted by Gasteiger charge is 1.95. The molecule has 0 rings (SSSR count). The van der Waals surface area contributed by atoms with Gasteiger partial charge in [-0.3, -0.25) is 0 Å². The van der Waals surface area contributed by atoms with E-state index in [2.05, 4.69) is 38.2 Å². The van der Waals surface area contributed by atoms with Gasteiger partial charge in [-0.2, -0.15) is 0 Å². The molecular weight excluding hydrogens is 448 g/mol. The fraction of sp³-hybridized carbons (Fsp3) is 0.889. The van der Waals surface area contributed by atoms with Gasteiger partial charge in [-0.15, -0.1) is 0 Å². The van der Waals surface area contributed by atoms with Gasteiger partial charge in [0.05, 0.1) is 0 Å². The quantitative estimate of drug-likeness (QED) is 0.0635. The molecule has 0 aliphatic rings. The molecule has 0 heterocycles. The molecule has 0 N–H and O–H groups in total. The van der Waals surface area contributed by atoms with Crippen LogP contribution in [0.3, 0.4) is 0 Å². The second kappa shape index (κ2) is 35.4. The lowest BCUT2D eigenvalue weighted by Crippen LogP contribution is -1.97. The summed E-state index contributed by atoms with van der Waals surface area (Å²) < 4.78 is 5.85. The maximum absolute atomic E-state index is 5.85. The van der Waals surface area contributed by atoms with Gasteiger partial charge in [-0.25, -0.2) is 0 Å². The summed E-state index contributed by atoms with van der Waals surface area (Å²) in [7, 11) is 0. The molecular formula is C36H70O. The van der Waals surface area contributed by atoms with E-state index in [1.54, 1.807) is 0 Å². The summed E-state index contributed by atoms with van der Waals surface area (Å²) >= 11 is 0. The Bertz CT molecular complexity index is 398. The maximum Gasteiger partial charge on any atom is 0.0466 e. The molecule has 0 radical (unpaired) electrons. The number of hydrogen-bond donors (Lipinski definition) is 0. The van der Waals surface area contributed by atoms with Gasteiger partial charge >= 0.3 is 0 Å². The highest BCUT2D eigenvalue weighted by Crippen LogP contribution is 2.12. The summed E-state index contributed by atoms with van der Waals surface area (Å²) in [5.41, 5.74) is 0. The van der Waals surface area contributed by atoms with Crippen LogP contribution in [0.4, 0.5) is 0 Å². The van der Waals surface area contributed by atoms with Gasteiger partial charge in [0.1, 0.15) is 0 Å². The second-order valence-corrected chi connectivity index (χ2v) is 11.5. The molecule has 0 bridgehead atoms. The third-order valence-electron chi connectivity index (χ3n) is 7.60. The van der Waals surface area contributed by atoms with Crippen molar-refractivity contribution < 1.29 is 4.74 Å². The average Bonchev–Trinajstić information content (AvgIpc) is 2.91. The van der Waals surface area contributed by atoms with Gasteiger partial charge in [0.15, 0.2) is 0 Å². The largest absolute Gasteiger partial charge is 0.381 e. The molecule has 37 heavy (non-hydrogen) atoms. The van der Waals surface area contributed by atoms with Crippen LogP contribution in [0.5, 0.6) is 0 Å². The van der Waals surface area contributed by atoms with Gasteiger partial charge < -0.3 is 4.74 Å². The molecule has 220 valence electrons. The summed E-state index contributed by atoms with van der Waals surface area (Å²) in [6.07, 6.45) is 48.1. The second-order valence-electron chi connectivity index (χ2n) is 11.5. The molecule has 0 aromatic carbocycles. The minimum atomic E-state index is 0.978. The van der Waals surface area contributed by atoms with E-state index < -0.39 is 0 Å². The van der Waals surface area contributed by atoms with Gasteiger partial charge in [-0.05, 0) is 64.2 Å². The standard InChI is InChI=1S/C36H70O/c1-3-5-7-9-11-13-15-17-19-21-23-25-27-29-31-33-35-37-36-34-32-30-28-26-24-22-20-18-16-14-12-10-8-6-4-2/h17-20H,3-16,21-36H2,1-2H3/b19-17+,20-18+. The van der Waals surface area contributed by atoms with E-state index in [1.807, 2.05) is 0 Å². The Hall–Kier alpha value is -0.560. The molecule has 0 aliphatic carbocycles. The first-order valence-electron chi connectivity index (χ1n) is 17.3. The zero-order valence-corrected chi connectivity index (χ0v) is 25.9. The number of allylic oxidation sites excluding steroid dienone is 4. The first kappa shape index (κ1) is 36.4. The Kier molecular flexibility index (Phi) is 34.9. The van der Waals surface area contributed by atoms with Gasteiger partial charge in [0.2, 0.25) is 0 Å². The van der Waals surface area contributed by atoms with Crippen LogP contribution < -0.4 is 0 Å². The van der Waals surface area contributed by atoms with Gasteiger partial charge in [0.25, 0.3) is 0 Å². The van der Waals surface area contributed by atoms with Crippen molar-refractivity contribution in [2.75, 3.05) is 13.2 Å². The summed E-state index contributed by atoms with van der Waals surface area (Å²) in [6.45, 7) is 6.54. The third kappa shape index (κ3) is 35.4. The normalized spacial score (nSPS) is 11.9. The van der Waals surface area contributed by atoms with Crippen molar-refractivity contribution in [2.24, 2.45) is 0 Å². The first-order valence-corrected chi connectivity index (χ1v) is 17.3. The lowest BCUT2D eigenvalue weighted by molar-refractivity contribution is 0.125. The number of unbranched alkanes of at least 4 members (excludes halogenated alkanes) is 24. The molecule has 0 amide bonds. The molecule has 1 nitrogen and oxygen atoms in total. The highest BCUT2D eigenvalue weighted by atomic mass is 16.5. The molecule has 1 heteroatoms. The van der Waals surface area contributed by atoms with E-state index in [-0.39, 0.29) is 0 Å². The Morgan fingerprint density at radius 1 is 0.297 bits per heavy atom. The van der Waals surface area contributed by atoms with Crippen molar-refractivity contribution >= 4 is 0 Å². The van der Waals surface area contributed by atoms with Crippen LogP contribution in [0.15, 0.2) is 24.3 Å². The molecule has 0 aliphatic heterocycles. The number of hydrogen-bond acceptors (Lipinski definition) is 1. The van der Waals surface area contributed by atoms with E-state index in [4.69, 9.17) is 4.74 Å². The third-order valence-corrected chi connectivity index (χ3v) is 7.60. The van der Waals surface area contributed by atoms with Crippen LogP contribution in [-0.4, -0.2) is 13.2 Å². The molecule has 0 spiro atoms. The SMILES string of the molecule is CCCCCCCC/C=C/CCCCCCCCOCCCCCCCC/C=C/CCCCCCCC. The van der Waals surface area contributed by atoms with Crippen molar-refractivity contribution in [3.8, 4) is 0 Å². The fourth-order valence-corrected chi connectivity index (χ4v) is 5.01. The molecule has 0 fully saturated rings. The van der Waals surface area contributed by atoms with E-state index in [1.165, 1.54) is 180 Å². The van der Waals surface area contributed by atoms with Gasteiger partial charge in [-0.1, -0.05) is 154 Å². The lowest BCUT2D eigenvalue weighted by atomic mass is 10.1. The Morgan fingerprint density at radius 2 is 0.541 bits per heavy atom. The van der Waals surface area contributed by atoms with Gasteiger partial charge in [0, 0.05) is 13.2 Å². The summed E-state index contributed by atoms with van der Waals surface area (Å²) in [5, 5.41) is 0. The van der Waals surface area contributed by atoms with E-state index >= 15 is 0 Å². The van der Waals surface area contributed by atoms with Crippen LogP contribution in [0.2, 0.25) is 0 Å². The van der Waals surface area contributed by atoms with Crippen molar-refractivity contribution in [3.63, 3.8) is 0 Å². The molecule has 0 unspecified atom stereocenters. The lowest BCUT2D eigenvalue weighted by Gasteiger charge is -2.05. The smallest absolute Gasteiger partial charge is 0.0466 e. The average molecular weight is 519 g/mol. The van der Waals surface area contributed by atoms with Crippen LogP contribution in [0, 0.1) is 0 Å². The fourth-order valence-electron chi connectivity index (χ4n) is 5.01. The topological polar surface area (TPSA) is 9.23 Å². The highest BCUT2D eigenvalue weighted by molar-refractivity contribution is 4.82. The Balaban J connectivity index is 3.09. The van der Waals surface area contributed by atoms with Crippen molar-refractivity contribution in [1.29, 1.82) is 0 Å². The van der Waals surface area contributed by atoms with Crippen molar-refractivity contribution in [2.45, 2.75) is 194 Å². The van der Waals surface area contributed by atoms with Crippen LogP contribution in [0.25, 0.3) is 0 Å². The van der Waals surface area contributed by atoms with Crippen LogP contribution >= 0.6 is 0 Å². The minimum Gasteiger partial charge on any atom is -0.381 e. The van der Waals surface area contributed by atoms with Crippen LogP contribution in [0.1, 0.15) is 194 Å². The first-order chi connectivity index (χ1) is 18.4. The Labute approximate surface area is 235 Å². The summed E-state index contributed by atoms with van der Waals surface area (Å²) in [5.74, 6) is 0. The van der Waals surface area contributed by atoms with Crippen molar-refractivity contribution in [1.82, 2.24) is 0 Å². The van der Waals surface area contributed by atoms with E-state index in [0.29, 0.717) is 0 Å². The molecule has 0 aromatic rings.